The molecule has 0 amide bonds. The molecule has 2 rings (SSSR count). The molecule has 0 aliphatic heterocycles. The summed E-state index contributed by atoms with van der Waals surface area (Å²) in [7, 11) is 0. The van der Waals surface area contributed by atoms with Gasteiger partial charge in [0.25, 0.3) is 11.1 Å². The summed E-state index contributed by atoms with van der Waals surface area (Å²) in [6.07, 6.45) is 4.18. The van der Waals surface area contributed by atoms with Crippen molar-refractivity contribution >= 4 is 17.8 Å². The summed E-state index contributed by atoms with van der Waals surface area (Å²) in [6.45, 7) is 4.19. The van der Waals surface area contributed by atoms with Gasteiger partial charge in [0, 0.05) is 11.7 Å². The second-order valence-corrected chi connectivity index (χ2v) is 5.85. The predicted octanol–water partition coefficient (Wildman–Crippen LogP) is 2.81. The molecule has 5 heteroatoms. The van der Waals surface area contributed by atoms with E-state index in [0.29, 0.717) is 17.0 Å². The van der Waals surface area contributed by atoms with E-state index in [-0.39, 0.29) is 6.04 Å². The van der Waals surface area contributed by atoms with Crippen molar-refractivity contribution in [2.24, 2.45) is 5.92 Å². The first-order valence-electron chi connectivity index (χ1n) is 6.67. The van der Waals surface area contributed by atoms with Gasteiger partial charge < -0.3 is 10.2 Å². The smallest absolute Gasteiger partial charge is 0.277 e. The number of thioether (sulfide) groups is 1. The second-order valence-electron chi connectivity index (χ2n) is 4.88. The van der Waals surface area contributed by atoms with E-state index in [9.17, 15) is 0 Å². The summed E-state index contributed by atoms with van der Waals surface area (Å²) in [5.41, 5.74) is 5.23. The molecule has 0 aliphatic rings. The Bertz CT molecular complexity index is 551. The average molecular weight is 290 g/mol. The van der Waals surface area contributed by atoms with Crippen molar-refractivity contribution in [2.75, 3.05) is 5.75 Å². The molecule has 106 valence electrons. The number of aromatic nitrogens is 2. The van der Waals surface area contributed by atoms with E-state index in [2.05, 4.69) is 54.1 Å². The fourth-order valence-corrected chi connectivity index (χ4v) is 2.16. The molecule has 1 heterocycles. The first kappa shape index (κ1) is 14.8. The van der Waals surface area contributed by atoms with Gasteiger partial charge in [-0.05, 0) is 5.56 Å². The molecule has 0 bridgehead atoms. The van der Waals surface area contributed by atoms with Gasteiger partial charge in [0.15, 0.2) is 6.04 Å². The Hall–Kier alpha value is -1.59. The van der Waals surface area contributed by atoms with E-state index in [1.807, 2.05) is 18.2 Å². The van der Waals surface area contributed by atoms with E-state index in [4.69, 9.17) is 4.42 Å². The predicted molar refractivity (Wildman–Crippen MR) is 81.0 cm³/mol. The van der Waals surface area contributed by atoms with E-state index in [0.717, 1.165) is 5.75 Å². The molecule has 3 N–H and O–H groups in total. The van der Waals surface area contributed by atoms with Crippen LogP contribution in [0.1, 0.15) is 31.3 Å². The lowest BCUT2D eigenvalue weighted by Gasteiger charge is -2.05. The molecule has 0 saturated carbocycles. The maximum absolute atomic E-state index is 5.60. The summed E-state index contributed by atoms with van der Waals surface area (Å²) < 4.78 is 5.60. The molecule has 1 atom stereocenters. The zero-order chi connectivity index (χ0) is 14.4. The third-order valence-electron chi connectivity index (χ3n) is 2.96. The zero-order valence-electron chi connectivity index (χ0n) is 11.8. The molecule has 0 fully saturated rings. The Morgan fingerprint density at radius 1 is 1.25 bits per heavy atom. The summed E-state index contributed by atoms with van der Waals surface area (Å²) in [5, 5.41) is 8.69. The van der Waals surface area contributed by atoms with Crippen LogP contribution in [0.5, 0.6) is 0 Å². The minimum atomic E-state index is 0.0525. The maximum atomic E-state index is 5.60. The second kappa shape index (κ2) is 7.26. The molecule has 0 saturated heterocycles. The van der Waals surface area contributed by atoms with E-state index in [1.54, 1.807) is 0 Å². The number of hydrogen-bond acceptors (Lipinski definition) is 4. The van der Waals surface area contributed by atoms with Crippen LogP contribution in [0.15, 0.2) is 46.0 Å². The van der Waals surface area contributed by atoms with Crippen LogP contribution in [-0.4, -0.2) is 16.0 Å². The van der Waals surface area contributed by atoms with Gasteiger partial charge >= 0.3 is 0 Å². The highest BCUT2D eigenvalue weighted by Crippen LogP contribution is 2.21. The van der Waals surface area contributed by atoms with Crippen molar-refractivity contribution in [3.63, 3.8) is 0 Å². The van der Waals surface area contributed by atoms with E-state index >= 15 is 0 Å². The van der Waals surface area contributed by atoms with Crippen LogP contribution in [0.25, 0.3) is 6.08 Å². The van der Waals surface area contributed by atoms with Crippen molar-refractivity contribution < 1.29 is 10.2 Å². The SMILES string of the molecule is CC(C)C([NH3+])c1nnc(SCC=Cc2ccccc2)o1. The zero-order valence-corrected chi connectivity index (χ0v) is 12.6. The van der Waals surface area contributed by atoms with Gasteiger partial charge in [-0.15, -0.1) is 10.2 Å². The van der Waals surface area contributed by atoms with Gasteiger partial charge in [-0.25, -0.2) is 0 Å². The molecule has 0 spiro atoms. The average Bonchev–Trinajstić information content (AvgIpc) is 2.92. The fraction of sp³-hybridized carbons (Fsp3) is 0.333. The summed E-state index contributed by atoms with van der Waals surface area (Å²) >= 11 is 1.53. The molecule has 1 aromatic carbocycles. The molecule has 1 unspecified atom stereocenters. The van der Waals surface area contributed by atoms with E-state index < -0.39 is 0 Å². The van der Waals surface area contributed by atoms with Gasteiger partial charge in [-0.2, -0.15) is 0 Å². The van der Waals surface area contributed by atoms with Crippen LogP contribution in [0.2, 0.25) is 0 Å². The normalized spacial score (nSPS) is 13.2. The number of quaternary nitrogens is 1. The van der Waals surface area contributed by atoms with Crippen LogP contribution in [0.4, 0.5) is 0 Å². The fourth-order valence-electron chi connectivity index (χ4n) is 1.58. The Kier molecular flexibility index (Phi) is 5.38. The molecule has 0 radical (unpaired) electrons. The van der Waals surface area contributed by atoms with Crippen LogP contribution >= 0.6 is 11.8 Å². The highest BCUT2D eigenvalue weighted by atomic mass is 32.2. The highest BCUT2D eigenvalue weighted by Gasteiger charge is 2.21. The summed E-state index contributed by atoms with van der Waals surface area (Å²) in [4.78, 5) is 0. The highest BCUT2D eigenvalue weighted by molar-refractivity contribution is 7.99. The maximum Gasteiger partial charge on any atom is 0.277 e. The molecule has 2 aromatic rings. The lowest BCUT2D eigenvalue weighted by atomic mass is 10.1. The summed E-state index contributed by atoms with van der Waals surface area (Å²) in [6, 6.07) is 10.3. The van der Waals surface area contributed by atoms with Gasteiger partial charge in [-0.3, -0.25) is 0 Å². The third kappa shape index (κ3) is 4.21. The lowest BCUT2D eigenvalue weighted by molar-refractivity contribution is -0.443. The van der Waals surface area contributed by atoms with Crippen molar-refractivity contribution in [3.05, 3.63) is 47.9 Å². The van der Waals surface area contributed by atoms with Crippen LogP contribution in [0.3, 0.4) is 0 Å². The Labute approximate surface area is 123 Å². The number of benzene rings is 1. The molecule has 0 aliphatic carbocycles. The number of nitrogens with zero attached hydrogens (tertiary/aromatic N) is 2. The van der Waals surface area contributed by atoms with Crippen molar-refractivity contribution in [1.29, 1.82) is 0 Å². The molecular formula is C15H20N3OS+. The van der Waals surface area contributed by atoms with Crippen LogP contribution in [-0.2, 0) is 0 Å². The molecule has 4 nitrogen and oxygen atoms in total. The monoisotopic (exact) mass is 290 g/mol. The molecule has 20 heavy (non-hydrogen) atoms. The van der Waals surface area contributed by atoms with Gasteiger partial charge in [0.1, 0.15) is 0 Å². The van der Waals surface area contributed by atoms with Gasteiger partial charge in [0.05, 0.1) is 0 Å². The van der Waals surface area contributed by atoms with Gasteiger partial charge in [0.2, 0.25) is 0 Å². The topological polar surface area (TPSA) is 66.6 Å². The quantitative estimate of drug-likeness (QED) is 0.831. The molecule has 1 aromatic heterocycles. The van der Waals surface area contributed by atoms with Gasteiger partial charge in [-0.1, -0.05) is 68.1 Å². The third-order valence-corrected chi connectivity index (χ3v) is 3.73. The largest absolute Gasteiger partial charge is 0.410 e. The minimum Gasteiger partial charge on any atom is -0.410 e. The van der Waals surface area contributed by atoms with Crippen molar-refractivity contribution in [3.8, 4) is 0 Å². The number of hydrogen-bond donors (Lipinski definition) is 1. The number of rotatable bonds is 6. The minimum absolute atomic E-state index is 0.0525. The van der Waals surface area contributed by atoms with Crippen LogP contribution < -0.4 is 5.73 Å². The molecular weight excluding hydrogens is 270 g/mol. The Morgan fingerprint density at radius 3 is 2.70 bits per heavy atom. The van der Waals surface area contributed by atoms with Crippen LogP contribution in [0, 0.1) is 5.92 Å². The first-order chi connectivity index (χ1) is 9.66. The first-order valence-corrected chi connectivity index (χ1v) is 7.66. The van der Waals surface area contributed by atoms with E-state index in [1.165, 1.54) is 17.3 Å². The Morgan fingerprint density at radius 2 is 2.00 bits per heavy atom. The lowest BCUT2D eigenvalue weighted by Crippen LogP contribution is -2.56. The van der Waals surface area contributed by atoms with Crippen molar-refractivity contribution in [1.82, 2.24) is 10.2 Å². The standard InChI is InChI=1S/C15H19N3OS/c1-11(2)13(16)14-17-18-15(19-14)20-10-6-9-12-7-4-3-5-8-12/h3-9,11,13H,10,16H2,1-2H3/p+1. The summed E-state index contributed by atoms with van der Waals surface area (Å²) in [5.74, 6) is 1.82. The van der Waals surface area contributed by atoms with Crippen molar-refractivity contribution in [2.45, 2.75) is 25.1 Å². The Balaban J connectivity index is 1.84.